The lowest BCUT2D eigenvalue weighted by Gasteiger charge is -2.08. The summed E-state index contributed by atoms with van der Waals surface area (Å²) in [5.41, 5.74) is 1.65. The van der Waals surface area contributed by atoms with Crippen LogP contribution < -0.4 is 5.56 Å². The monoisotopic (exact) mass is 356 g/mol. The van der Waals surface area contributed by atoms with Gasteiger partial charge in [-0.25, -0.2) is 9.78 Å². The van der Waals surface area contributed by atoms with E-state index in [0.717, 1.165) is 5.56 Å². The highest BCUT2D eigenvalue weighted by molar-refractivity contribution is 7.20. The van der Waals surface area contributed by atoms with Gasteiger partial charge in [0.05, 0.1) is 18.3 Å². The van der Waals surface area contributed by atoms with E-state index in [-0.39, 0.29) is 11.6 Å². The minimum Gasteiger partial charge on any atom is -0.461 e. The van der Waals surface area contributed by atoms with E-state index in [1.807, 2.05) is 44.2 Å². The van der Waals surface area contributed by atoms with Crippen LogP contribution in [-0.4, -0.2) is 22.1 Å². The number of nitrogens with zero attached hydrogens (tertiary/aromatic N) is 2. The lowest BCUT2D eigenvalue weighted by molar-refractivity contribution is 0.0514. The van der Waals surface area contributed by atoms with Crippen molar-refractivity contribution in [3.63, 3.8) is 0 Å². The minimum absolute atomic E-state index is 0.0185. The average molecular weight is 356 g/mol. The fraction of sp³-hybridized carbons (Fsp3) is 0.316. The van der Waals surface area contributed by atoms with Crippen LogP contribution in [0, 0.1) is 6.92 Å². The maximum Gasteiger partial charge on any atom is 0.348 e. The zero-order valence-electron chi connectivity index (χ0n) is 14.5. The summed E-state index contributed by atoms with van der Waals surface area (Å²) in [6.07, 6.45) is 2.20. The second-order valence-electron chi connectivity index (χ2n) is 6.16. The summed E-state index contributed by atoms with van der Waals surface area (Å²) in [5, 5.41) is 0.510. The van der Waals surface area contributed by atoms with Gasteiger partial charge in [-0.2, -0.15) is 0 Å². The molecule has 0 unspecified atom stereocenters. The van der Waals surface area contributed by atoms with Crippen LogP contribution in [0.4, 0.5) is 0 Å². The van der Waals surface area contributed by atoms with Crippen molar-refractivity contribution in [2.75, 3.05) is 6.61 Å². The number of carbonyl (C=O) groups is 1. The average Bonchev–Trinajstić information content (AvgIpc) is 2.93. The molecule has 1 aromatic carbocycles. The fourth-order valence-electron chi connectivity index (χ4n) is 2.67. The van der Waals surface area contributed by atoms with Crippen LogP contribution in [0.15, 0.2) is 41.5 Å². The Hall–Kier alpha value is -2.47. The van der Waals surface area contributed by atoms with Gasteiger partial charge in [0.1, 0.15) is 9.71 Å². The van der Waals surface area contributed by atoms with Gasteiger partial charge in [0.25, 0.3) is 5.56 Å². The number of aryl methyl sites for hydroxylation is 1. The summed E-state index contributed by atoms with van der Waals surface area (Å²) in [6, 6.07) is 9.88. The molecular formula is C19H20N2O3S. The normalized spacial score (nSPS) is 11.2. The van der Waals surface area contributed by atoms with Crippen molar-refractivity contribution in [2.45, 2.75) is 33.2 Å². The van der Waals surface area contributed by atoms with Crippen molar-refractivity contribution in [3.8, 4) is 0 Å². The van der Waals surface area contributed by atoms with Crippen LogP contribution in [0.5, 0.6) is 0 Å². The largest absolute Gasteiger partial charge is 0.461 e. The number of benzene rings is 1. The molecule has 0 N–H and O–H groups in total. The van der Waals surface area contributed by atoms with E-state index < -0.39 is 5.97 Å². The molecule has 2 aromatic heterocycles. The zero-order chi connectivity index (χ0) is 18.0. The molecule has 0 aliphatic heterocycles. The Morgan fingerprint density at radius 1 is 1.28 bits per heavy atom. The number of hydrogen-bond acceptors (Lipinski definition) is 5. The van der Waals surface area contributed by atoms with Crippen LogP contribution in [0.1, 0.15) is 40.7 Å². The standard InChI is InChI=1S/C19H20N2O3S/c1-12(2)21-11-20-17-15(18(21)22)13(3)16(25-17)19(23)24-10-9-14-7-5-4-6-8-14/h4-8,11-12H,9-10H2,1-3H3. The molecule has 0 radical (unpaired) electrons. The quantitative estimate of drug-likeness (QED) is 0.653. The minimum atomic E-state index is -0.396. The highest BCUT2D eigenvalue weighted by Crippen LogP contribution is 2.27. The van der Waals surface area contributed by atoms with Gasteiger partial charge in [0, 0.05) is 12.5 Å². The first-order valence-corrected chi connectivity index (χ1v) is 9.02. The van der Waals surface area contributed by atoms with Crippen LogP contribution in [-0.2, 0) is 11.2 Å². The second kappa shape index (κ2) is 7.19. The van der Waals surface area contributed by atoms with E-state index in [0.29, 0.717) is 33.7 Å². The van der Waals surface area contributed by atoms with E-state index in [2.05, 4.69) is 4.98 Å². The maximum atomic E-state index is 12.6. The summed E-state index contributed by atoms with van der Waals surface area (Å²) >= 11 is 1.21. The number of esters is 1. The van der Waals surface area contributed by atoms with Gasteiger partial charge in [-0.1, -0.05) is 30.3 Å². The molecule has 0 saturated carbocycles. The van der Waals surface area contributed by atoms with Crippen molar-refractivity contribution < 1.29 is 9.53 Å². The Morgan fingerprint density at radius 2 is 2.00 bits per heavy atom. The molecule has 0 atom stereocenters. The van der Waals surface area contributed by atoms with Crippen LogP contribution >= 0.6 is 11.3 Å². The van der Waals surface area contributed by atoms with Crippen molar-refractivity contribution in [1.29, 1.82) is 0 Å². The molecule has 6 heteroatoms. The summed E-state index contributed by atoms with van der Waals surface area (Å²) < 4.78 is 6.97. The topological polar surface area (TPSA) is 61.2 Å². The third kappa shape index (κ3) is 3.49. The Labute approximate surface area is 149 Å². The number of rotatable bonds is 5. The number of hydrogen-bond donors (Lipinski definition) is 0. The van der Waals surface area contributed by atoms with Gasteiger partial charge >= 0.3 is 5.97 Å². The third-order valence-electron chi connectivity index (χ3n) is 4.08. The molecule has 2 heterocycles. The number of aromatic nitrogens is 2. The highest BCUT2D eigenvalue weighted by atomic mass is 32.1. The summed E-state index contributed by atoms with van der Waals surface area (Å²) in [4.78, 5) is 30.4. The zero-order valence-corrected chi connectivity index (χ0v) is 15.3. The molecule has 0 bridgehead atoms. The van der Waals surface area contributed by atoms with Crippen molar-refractivity contribution in [1.82, 2.24) is 9.55 Å². The molecule has 25 heavy (non-hydrogen) atoms. The van der Waals surface area contributed by atoms with Crippen LogP contribution in [0.3, 0.4) is 0 Å². The van der Waals surface area contributed by atoms with E-state index >= 15 is 0 Å². The lowest BCUT2D eigenvalue weighted by Crippen LogP contribution is -2.22. The van der Waals surface area contributed by atoms with Crippen molar-refractivity contribution >= 4 is 27.5 Å². The highest BCUT2D eigenvalue weighted by Gasteiger charge is 2.21. The Bertz CT molecular complexity index is 958. The fourth-order valence-corrected chi connectivity index (χ4v) is 3.70. The van der Waals surface area contributed by atoms with E-state index in [1.54, 1.807) is 11.5 Å². The molecular weight excluding hydrogens is 336 g/mol. The molecule has 0 amide bonds. The van der Waals surface area contributed by atoms with Gasteiger partial charge in [0.2, 0.25) is 0 Å². The van der Waals surface area contributed by atoms with Gasteiger partial charge in [-0.3, -0.25) is 9.36 Å². The third-order valence-corrected chi connectivity index (χ3v) is 5.26. The first kappa shape index (κ1) is 17.4. The van der Waals surface area contributed by atoms with Gasteiger partial charge in [0.15, 0.2) is 0 Å². The molecule has 5 nitrogen and oxygen atoms in total. The first-order chi connectivity index (χ1) is 12.0. The number of fused-ring (bicyclic) bond motifs is 1. The van der Waals surface area contributed by atoms with Crippen molar-refractivity contribution in [3.05, 3.63) is 63.0 Å². The summed E-state index contributed by atoms with van der Waals surface area (Å²) in [6.45, 7) is 5.94. The van der Waals surface area contributed by atoms with Gasteiger partial charge in [-0.15, -0.1) is 11.3 Å². The smallest absolute Gasteiger partial charge is 0.348 e. The Kier molecular flexibility index (Phi) is 4.99. The summed E-state index contributed by atoms with van der Waals surface area (Å²) in [7, 11) is 0. The molecule has 0 aliphatic rings. The summed E-state index contributed by atoms with van der Waals surface area (Å²) in [5.74, 6) is -0.396. The molecule has 3 aromatic rings. The van der Waals surface area contributed by atoms with Gasteiger partial charge < -0.3 is 4.74 Å². The van der Waals surface area contributed by atoms with Gasteiger partial charge in [-0.05, 0) is 31.9 Å². The van der Waals surface area contributed by atoms with Crippen LogP contribution in [0.2, 0.25) is 0 Å². The van der Waals surface area contributed by atoms with E-state index in [9.17, 15) is 9.59 Å². The molecule has 0 saturated heterocycles. The molecule has 0 fully saturated rings. The first-order valence-electron chi connectivity index (χ1n) is 8.20. The van der Waals surface area contributed by atoms with E-state index in [4.69, 9.17) is 4.74 Å². The number of ether oxygens (including phenoxy) is 1. The van der Waals surface area contributed by atoms with Crippen molar-refractivity contribution in [2.24, 2.45) is 0 Å². The predicted octanol–water partition coefficient (Wildman–Crippen LogP) is 3.75. The predicted molar refractivity (Wildman–Crippen MR) is 99.4 cm³/mol. The second-order valence-corrected chi connectivity index (χ2v) is 7.16. The molecule has 0 spiro atoms. The number of carbonyl (C=O) groups excluding carboxylic acids is 1. The molecule has 0 aliphatic carbocycles. The van der Waals surface area contributed by atoms with Crippen LogP contribution in [0.25, 0.3) is 10.2 Å². The SMILES string of the molecule is Cc1c(C(=O)OCCc2ccccc2)sc2ncn(C(C)C)c(=O)c12. The lowest BCUT2D eigenvalue weighted by atomic mass is 10.2. The Morgan fingerprint density at radius 3 is 2.68 bits per heavy atom. The van der Waals surface area contributed by atoms with E-state index in [1.165, 1.54) is 17.7 Å². The maximum absolute atomic E-state index is 12.6. The molecule has 130 valence electrons. The molecule has 3 rings (SSSR count). The Balaban J connectivity index is 1.81. The number of thiophene rings is 1.